The van der Waals surface area contributed by atoms with Crippen molar-refractivity contribution in [1.29, 1.82) is 0 Å². The van der Waals surface area contributed by atoms with Crippen LogP contribution in [0.15, 0.2) is 16.0 Å². The van der Waals surface area contributed by atoms with Gasteiger partial charge in [0.25, 0.3) is 5.56 Å². The lowest BCUT2D eigenvalue weighted by molar-refractivity contribution is 0.717. The minimum absolute atomic E-state index is 0.163. The largest absolute Gasteiger partial charge is 0.383 e. The van der Waals surface area contributed by atoms with E-state index in [1.807, 2.05) is 13.8 Å². The number of nitrogens with two attached hydrogens (primary N) is 2. The minimum atomic E-state index is -0.243. The van der Waals surface area contributed by atoms with E-state index in [9.17, 15) is 4.79 Å². The van der Waals surface area contributed by atoms with Crippen LogP contribution in [0.25, 0.3) is 0 Å². The third-order valence-electron chi connectivity index (χ3n) is 1.60. The van der Waals surface area contributed by atoms with Crippen LogP contribution in [0.5, 0.6) is 0 Å². The number of anilines is 1. The standard InChI is InChI=1S/C8H14N4OS/c1-8(2,4-9)14-7-11-5(10)3-6(13)12-7/h3H,4,9H2,1-2H3,(H3,10,11,12,13). The number of aromatic amines is 1. The van der Waals surface area contributed by atoms with Gasteiger partial charge >= 0.3 is 0 Å². The van der Waals surface area contributed by atoms with Crippen molar-refractivity contribution < 1.29 is 0 Å². The molecule has 0 radical (unpaired) electrons. The van der Waals surface area contributed by atoms with Crippen LogP contribution < -0.4 is 17.0 Å². The molecule has 0 aliphatic carbocycles. The molecule has 0 unspecified atom stereocenters. The number of hydrogen-bond acceptors (Lipinski definition) is 5. The zero-order valence-corrected chi connectivity index (χ0v) is 9.02. The van der Waals surface area contributed by atoms with Gasteiger partial charge in [-0.2, -0.15) is 0 Å². The fraction of sp³-hybridized carbons (Fsp3) is 0.500. The molecule has 0 aliphatic rings. The summed E-state index contributed by atoms with van der Waals surface area (Å²) in [6, 6.07) is 1.25. The van der Waals surface area contributed by atoms with E-state index in [1.165, 1.54) is 17.8 Å². The van der Waals surface area contributed by atoms with Gasteiger partial charge in [-0.25, -0.2) is 4.98 Å². The van der Waals surface area contributed by atoms with Crippen LogP contribution in [0.1, 0.15) is 13.8 Å². The van der Waals surface area contributed by atoms with Gasteiger partial charge in [0.1, 0.15) is 5.82 Å². The van der Waals surface area contributed by atoms with E-state index in [1.54, 1.807) is 0 Å². The molecule has 14 heavy (non-hydrogen) atoms. The molecule has 0 fully saturated rings. The van der Waals surface area contributed by atoms with Gasteiger partial charge in [0, 0.05) is 17.4 Å². The lowest BCUT2D eigenvalue weighted by Gasteiger charge is -2.20. The summed E-state index contributed by atoms with van der Waals surface area (Å²) in [6.07, 6.45) is 0. The molecule has 0 aromatic carbocycles. The van der Waals surface area contributed by atoms with Gasteiger partial charge in [-0.3, -0.25) is 4.79 Å². The van der Waals surface area contributed by atoms with Gasteiger partial charge in [0.05, 0.1) is 0 Å². The zero-order valence-electron chi connectivity index (χ0n) is 8.20. The maximum absolute atomic E-state index is 11.1. The quantitative estimate of drug-likeness (QED) is 0.492. The maximum Gasteiger partial charge on any atom is 0.253 e. The minimum Gasteiger partial charge on any atom is -0.383 e. The molecule has 1 heterocycles. The van der Waals surface area contributed by atoms with Crippen LogP contribution in [0.3, 0.4) is 0 Å². The molecular formula is C8H14N4OS. The van der Waals surface area contributed by atoms with Gasteiger partial charge in [-0.05, 0) is 13.8 Å². The second-order valence-electron chi connectivity index (χ2n) is 3.54. The van der Waals surface area contributed by atoms with Crippen molar-refractivity contribution >= 4 is 17.6 Å². The number of H-pyrrole nitrogens is 1. The van der Waals surface area contributed by atoms with E-state index in [0.717, 1.165) is 0 Å². The average Bonchev–Trinajstić information content (AvgIpc) is 2.01. The normalized spacial score (nSPS) is 11.6. The summed E-state index contributed by atoms with van der Waals surface area (Å²) in [4.78, 5) is 17.7. The Labute approximate surface area is 86.3 Å². The first-order chi connectivity index (χ1) is 6.43. The molecule has 0 amide bonds. The van der Waals surface area contributed by atoms with E-state index < -0.39 is 0 Å². The molecule has 5 nitrogen and oxygen atoms in total. The highest BCUT2D eigenvalue weighted by molar-refractivity contribution is 8.00. The van der Waals surface area contributed by atoms with Gasteiger partial charge in [-0.15, -0.1) is 0 Å². The molecule has 78 valence electrons. The molecule has 1 aromatic rings. The van der Waals surface area contributed by atoms with Crippen LogP contribution >= 0.6 is 11.8 Å². The second kappa shape index (κ2) is 4.02. The van der Waals surface area contributed by atoms with Crippen molar-refractivity contribution in [3.8, 4) is 0 Å². The van der Waals surface area contributed by atoms with Crippen molar-refractivity contribution in [1.82, 2.24) is 9.97 Å². The summed E-state index contributed by atoms with van der Waals surface area (Å²) in [5, 5.41) is 0.505. The third-order valence-corrected chi connectivity index (χ3v) is 2.71. The molecule has 0 bridgehead atoms. The van der Waals surface area contributed by atoms with Crippen molar-refractivity contribution in [3.63, 3.8) is 0 Å². The average molecular weight is 214 g/mol. The van der Waals surface area contributed by atoms with Crippen LogP contribution in [-0.2, 0) is 0 Å². The monoisotopic (exact) mass is 214 g/mol. The molecular weight excluding hydrogens is 200 g/mol. The first-order valence-electron chi connectivity index (χ1n) is 4.19. The van der Waals surface area contributed by atoms with E-state index in [2.05, 4.69) is 9.97 Å². The lowest BCUT2D eigenvalue weighted by Crippen LogP contribution is -2.27. The fourth-order valence-electron chi connectivity index (χ4n) is 0.805. The second-order valence-corrected chi connectivity index (χ2v) is 5.24. The summed E-state index contributed by atoms with van der Waals surface area (Å²) < 4.78 is -0.163. The summed E-state index contributed by atoms with van der Waals surface area (Å²) in [6.45, 7) is 4.44. The topological polar surface area (TPSA) is 97.8 Å². The molecule has 5 N–H and O–H groups in total. The molecule has 0 atom stereocenters. The van der Waals surface area contributed by atoms with Crippen LogP contribution in [0.4, 0.5) is 5.82 Å². The molecule has 6 heteroatoms. The van der Waals surface area contributed by atoms with E-state index in [4.69, 9.17) is 11.5 Å². The van der Waals surface area contributed by atoms with Crippen LogP contribution in [-0.4, -0.2) is 21.3 Å². The number of hydrogen-bond donors (Lipinski definition) is 3. The summed E-state index contributed by atoms with van der Waals surface area (Å²) in [5.41, 5.74) is 10.8. The smallest absolute Gasteiger partial charge is 0.253 e. The van der Waals surface area contributed by atoms with Crippen molar-refractivity contribution in [3.05, 3.63) is 16.4 Å². The molecule has 1 rings (SSSR count). The Morgan fingerprint density at radius 2 is 2.29 bits per heavy atom. The van der Waals surface area contributed by atoms with E-state index in [0.29, 0.717) is 11.7 Å². The van der Waals surface area contributed by atoms with Gasteiger partial charge in [0.15, 0.2) is 5.16 Å². The first-order valence-corrected chi connectivity index (χ1v) is 5.00. The van der Waals surface area contributed by atoms with E-state index >= 15 is 0 Å². The number of rotatable bonds is 3. The summed E-state index contributed by atoms with van der Waals surface area (Å²) >= 11 is 1.40. The van der Waals surface area contributed by atoms with Crippen molar-refractivity contribution in [2.75, 3.05) is 12.3 Å². The van der Waals surface area contributed by atoms with Crippen LogP contribution in [0.2, 0.25) is 0 Å². The van der Waals surface area contributed by atoms with Gasteiger partial charge in [-0.1, -0.05) is 11.8 Å². The third kappa shape index (κ3) is 3.04. The predicted molar refractivity (Wildman–Crippen MR) is 58.3 cm³/mol. The number of nitrogens with zero attached hydrogens (tertiary/aromatic N) is 1. The van der Waals surface area contributed by atoms with Gasteiger partial charge < -0.3 is 16.5 Å². The highest BCUT2D eigenvalue weighted by atomic mass is 32.2. The Balaban J connectivity index is 2.92. The zero-order chi connectivity index (χ0) is 10.8. The molecule has 1 aromatic heterocycles. The highest BCUT2D eigenvalue weighted by Gasteiger charge is 2.18. The number of thioether (sulfide) groups is 1. The Kier molecular flexibility index (Phi) is 3.17. The molecule has 0 spiro atoms. The van der Waals surface area contributed by atoms with Crippen molar-refractivity contribution in [2.24, 2.45) is 5.73 Å². The number of nitrogen functional groups attached to an aromatic ring is 1. The Hall–Kier alpha value is -1.01. The Bertz CT molecular complexity index is 374. The maximum atomic E-state index is 11.1. The van der Waals surface area contributed by atoms with E-state index in [-0.39, 0.29) is 16.1 Å². The highest BCUT2D eigenvalue weighted by Crippen LogP contribution is 2.28. The van der Waals surface area contributed by atoms with Crippen molar-refractivity contribution in [2.45, 2.75) is 23.8 Å². The number of nitrogens with one attached hydrogen (secondary N) is 1. The molecule has 0 saturated carbocycles. The lowest BCUT2D eigenvalue weighted by atomic mass is 10.2. The number of aromatic nitrogens is 2. The molecule has 0 aliphatic heterocycles. The summed E-state index contributed by atoms with van der Waals surface area (Å²) in [5.74, 6) is 0.226. The predicted octanol–water partition coefficient (Wildman–Crippen LogP) is 0.181. The molecule has 0 saturated heterocycles. The van der Waals surface area contributed by atoms with Crippen LogP contribution in [0, 0.1) is 0 Å². The Morgan fingerprint density at radius 1 is 1.64 bits per heavy atom. The summed E-state index contributed by atoms with van der Waals surface area (Å²) in [7, 11) is 0. The Morgan fingerprint density at radius 3 is 2.79 bits per heavy atom. The fourth-order valence-corrected chi connectivity index (χ4v) is 1.71. The van der Waals surface area contributed by atoms with Gasteiger partial charge in [0.2, 0.25) is 0 Å². The SMILES string of the molecule is CC(C)(CN)Sc1nc(N)cc(=O)[nH]1. The first kappa shape index (κ1) is 11.1.